The van der Waals surface area contributed by atoms with E-state index in [0.29, 0.717) is 5.95 Å². The van der Waals surface area contributed by atoms with Gasteiger partial charge in [-0.05, 0) is 80.8 Å². The number of nitrogens with zero attached hydrogens (tertiary/aromatic N) is 5. The summed E-state index contributed by atoms with van der Waals surface area (Å²) in [6.45, 7) is 4.07. The second-order valence-corrected chi connectivity index (χ2v) is 16.1. The summed E-state index contributed by atoms with van der Waals surface area (Å²) in [7, 11) is 0. The van der Waals surface area contributed by atoms with Crippen molar-refractivity contribution >= 4 is 66.1 Å². The Labute approximate surface area is 332 Å². The van der Waals surface area contributed by atoms with E-state index in [-0.39, 0.29) is 23.7 Å². The molecule has 2 fully saturated rings. The van der Waals surface area contributed by atoms with E-state index in [1.807, 2.05) is 48.5 Å². The fourth-order valence-corrected chi connectivity index (χ4v) is 8.01. The molecule has 3 N–H and O–H groups in total. The Morgan fingerprint density at radius 3 is 1.98 bits per heavy atom. The van der Waals surface area contributed by atoms with E-state index in [9.17, 15) is 9.59 Å². The summed E-state index contributed by atoms with van der Waals surface area (Å²) in [5.74, 6) is 0.823. The smallest absolute Gasteiger partial charge is 0.225 e. The Morgan fingerprint density at radius 1 is 0.736 bits per heavy atom. The third-order valence-corrected chi connectivity index (χ3v) is 11.7. The number of nitrogens with two attached hydrogens (primary N) is 1. The topological polar surface area (TPSA) is 117 Å². The van der Waals surface area contributed by atoms with Crippen molar-refractivity contribution in [1.29, 1.82) is 0 Å². The molecule has 5 aromatic rings. The zero-order valence-electron chi connectivity index (χ0n) is 29.7. The Hall–Kier alpha value is -4.13. The summed E-state index contributed by atoms with van der Waals surface area (Å²) >= 11 is 8.60. The van der Waals surface area contributed by atoms with Crippen molar-refractivity contribution in [2.75, 3.05) is 42.5 Å². The van der Waals surface area contributed by atoms with Crippen LogP contribution >= 0.6 is 43.2 Å². The summed E-state index contributed by atoms with van der Waals surface area (Å²) in [4.78, 5) is 42.0. The van der Waals surface area contributed by atoms with Crippen LogP contribution < -0.4 is 20.9 Å². The molecule has 276 valence electrons. The first kappa shape index (κ1) is 38.6. The van der Waals surface area contributed by atoms with Gasteiger partial charge in [-0.2, -0.15) is 0 Å². The number of benzene rings is 3. The Balaban J connectivity index is 0.000000192. The highest BCUT2D eigenvalue weighted by Crippen LogP contribution is 2.31. The number of halogens is 2. The molecule has 53 heavy (non-hydrogen) atoms. The van der Waals surface area contributed by atoms with E-state index in [2.05, 4.69) is 98.7 Å². The number of anilines is 2. The monoisotopic (exact) mass is 857 g/mol. The number of amides is 2. The third-order valence-electron chi connectivity index (χ3n) is 9.77. The standard InChI is InChI=1S/C25H28BrN3OS.C16H17BrN4O/c26-22-11-9-20(10-12-22)23-18-31-25(28-23)29-16-13-21(14-17-29)24(30)27-15-5-4-8-19-6-2-1-3-7-19;17-13-3-1-11(2-4-13)14-5-8-19-16(20-14)21-9-6-12(7-10-21)15(18)22/h1-3,6-7,9-12,18,21H,4-5,8,13-17H2,(H,27,30);1-5,8,12H,6-7,9-10H2,(H2,18,22). The van der Waals surface area contributed by atoms with Gasteiger partial charge in [-0.3, -0.25) is 9.59 Å². The lowest BCUT2D eigenvalue weighted by atomic mass is 9.96. The molecular formula is C41H45Br2N7O2S. The molecule has 0 radical (unpaired) electrons. The highest BCUT2D eigenvalue weighted by molar-refractivity contribution is 9.10. The van der Waals surface area contributed by atoms with Crippen molar-refractivity contribution in [2.45, 2.75) is 44.9 Å². The molecule has 2 aliphatic heterocycles. The highest BCUT2D eigenvalue weighted by atomic mass is 79.9. The van der Waals surface area contributed by atoms with Crippen LogP contribution in [0, 0.1) is 11.8 Å². The maximum Gasteiger partial charge on any atom is 0.225 e. The van der Waals surface area contributed by atoms with E-state index in [1.54, 1.807) is 17.5 Å². The van der Waals surface area contributed by atoms with E-state index in [0.717, 1.165) is 114 Å². The largest absolute Gasteiger partial charge is 0.369 e. The molecule has 2 amide bonds. The van der Waals surface area contributed by atoms with E-state index >= 15 is 0 Å². The van der Waals surface area contributed by atoms with Gasteiger partial charge >= 0.3 is 0 Å². The van der Waals surface area contributed by atoms with Crippen LogP contribution in [0.3, 0.4) is 0 Å². The van der Waals surface area contributed by atoms with Gasteiger partial charge < -0.3 is 20.9 Å². The molecule has 0 spiro atoms. The van der Waals surface area contributed by atoms with Crippen molar-refractivity contribution in [1.82, 2.24) is 20.3 Å². The predicted octanol–water partition coefficient (Wildman–Crippen LogP) is 8.54. The number of rotatable bonds is 11. The van der Waals surface area contributed by atoms with Gasteiger partial charge in [0.05, 0.1) is 11.4 Å². The third kappa shape index (κ3) is 11.2. The quantitative estimate of drug-likeness (QED) is 0.128. The maximum atomic E-state index is 12.5. The summed E-state index contributed by atoms with van der Waals surface area (Å²) in [5.41, 5.74) is 10.8. The number of primary amides is 1. The first-order valence-corrected chi connectivity index (χ1v) is 20.7. The lowest BCUT2D eigenvalue weighted by molar-refractivity contribution is -0.125. The van der Waals surface area contributed by atoms with Gasteiger partial charge in [-0.25, -0.2) is 15.0 Å². The zero-order chi connectivity index (χ0) is 37.0. The highest BCUT2D eigenvalue weighted by Gasteiger charge is 2.27. The summed E-state index contributed by atoms with van der Waals surface area (Å²) in [6, 6.07) is 28.7. The number of aromatic nitrogens is 3. The molecular weight excluding hydrogens is 814 g/mol. The molecule has 7 rings (SSSR count). The molecule has 12 heteroatoms. The number of hydrogen-bond acceptors (Lipinski definition) is 8. The zero-order valence-corrected chi connectivity index (χ0v) is 33.7. The number of nitrogens with one attached hydrogen (secondary N) is 1. The number of carbonyl (C=O) groups is 2. The minimum atomic E-state index is -0.204. The van der Waals surface area contributed by atoms with Gasteiger partial charge in [-0.1, -0.05) is 86.5 Å². The first-order valence-electron chi connectivity index (χ1n) is 18.2. The van der Waals surface area contributed by atoms with Crippen LogP contribution in [0.1, 0.15) is 44.1 Å². The number of hydrogen-bond donors (Lipinski definition) is 2. The molecule has 0 saturated carbocycles. The predicted molar refractivity (Wildman–Crippen MR) is 222 cm³/mol. The fraction of sp³-hybridized carbons (Fsp3) is 0.341. The Morgan fingerprint density at radius 2 is 1.34 bits per heavy atom. The molecule has 2 aliphatic rings. The van der Waals surface area contributed by atoms with Gasteiger partial charge in [0, 0.05) is 76.2 Å². The average molecular weight is 860 g/mol. The summed E-state index contributed by atoms with van der Waals surface area (Å²) in [6.07, 6.45) is 8.30. The van der Waals surface area contributed by atoms with Crippen molar-refractivity contribution in [3.63, 3.8) is 0 Å². The summed E-state index contributed by atoms with van der Waals surface area (Å²) < 4.78 is 2.11. The number of unbranched alkanes of at least 4 members (excludes halogenated alkanes) is 1. The van der Waals surface area contributed by atoms with Crippen LogP contribution in [0.2, 0.25) is 0 Å². The van der Waals surface area contributed by atoms with Gasteiger partial charge in [-0.15, -0.1) is 11.3 Å². The van der Waals surface area contributed by atoms with E-state index in [4.69, 9.17) is 10.7 Å². The van der Waals surface area contributed by atoms with Gasteiger partial charge in [0.2, 0.25) is 17.8 Å². The van der Waals surface area contributed by atoms with Crippen LogP contribution in [0.15, 0.2) is 105 Å². The van der Waals surface area contributed by atoms with Gasteiger partial charge in [0.25, 0.3) is 0 Å². The van der Waals surface area contributed by atoms with Crippen molar-refractivity contribution in [2.24, 2.45) is 17.6 Å². The second kappa shape index (κ2) is 19.3. The molecule has 0 unspecified atom stereocenters. The van der Waals surface area contributed by atoms with Crippen LogP contribution in [0.25, 0.3) is 22.5 Å². The minimum Gasteiger partial charge on any atom is -0.369 e. The molecule has 4 heterocycles. The SMILES string of the molecule is NC(=O)C1CCN(c2nccc(-c3ccc(Br)cc3)n2)CC1.O=C(NCCCCc1ccccc1)C1CCN(c2nc(-c3ccc(Br)cc3)cs2)CC1. The van der Waals surface area contributed by atoms with E-state index < -0.39 is 0 Å². The molecule has 3 aromatic carbocycles. The average Bonchev–Trinajstić information content (AvgIpc) is 3.70. The Kier molecular flexibility index (Phi) is 14.0. The molecule has 0 bridgehead atoms. The first-order chi connectivity index (χ1) is 25.8. The van der Waals surface area contributed by atoms with E-state index in [1.165, 1.54) is 5.56 Å². The van der Waals surface area contributed by atoms with Crippen molar-refractivity contribution in [3.05, 3.63) is 111 Å². The maximum absolute atomic E-state index is 12.5. The fourth-order valence-electron chi connectivity index (χ4n) is 6.60. The number of thiazole rings is 1. The lowest BCUT2D eigenvalue weighted by Gasteiger charge is -2.31. The van der Waals surface area contributed by atoms with Crippen molar-refractivity contribution in [3.8, 4) is 22.5 Å². The van der Waals surface area contributed by atoms with Gasteiger partial charge in [0.15, 0.2) is 5.13 Å². The Bertz CT molecular complexity index is 1910. The molecule has 0 aliphatic carbocycles. The number of piperidine rings is 2. The van der Waals surface area contributed by atoms with Crippen LogP contribution in [-0.2, 0) is 16.0 Å². The van der Waals surface area contributed by atoms with Crippen LogP contribution in [-0.4, -0.2) is 59.5 Å². The van der Waals surface area contributed by atoms with Gasteiger partial charge in [0.1, 0.15) is 0 Å². The number of aryl methyl sites for hydroxylation is 1. The van der Waals surface area contributed by atoms with Crippen molar-refractivity contribution < 1.29 is 9.59 Å². The normalized spacial score (nSPS) is 15.1. The lowest BCUT2D eigenvalue weighted by Crippen LogP contribution is -2.40. The number of carbonyl (C=O) groups excluding carboxylic acids is 2. The molecule has 2 saturated heterocycles. The van der Waals surface area contributed by atoms with Crippen LogP contribution in [0.5, 0.6) is 0 Å². The molecule has 9 nitrogen and oxygen atoms in total. The van der Waals surface area contributed by atoms with Crippen LogP contribution in [0.4, 0.5) is 11.1 Å². The minimum absolute atomic E-state index is 0.0223. The molecule has 0 atom stereocenters. The molecule has 2 aromatic heterocycles. The second-order valence-electron chi connectivity index (χ2n) is 13.4. The summed E-state index contributed by atoms with van der Waals surface area (Å²) in [5, 5.41) is 6.32.